The van der Waals surface area contributed by atoms with Crippen molar-refractivity contribution in [3.63, 3.8) is 0 Å². The number of hydrogen-bond acceptors (Lipinski definition) is 5. The van der Waals surface area contributed by atoms with Crippen LogP contribution in [0.25, 0.3) is 5.57 Å². The van der Waals surface area contributed by atoms with Crippen molar-refractivity contribution in [2.75, 3.05) is 17.3 Å². The number of methoxy groups -OCH3 is 1. The minimum Gasteiger partial charge on any atom is -0.497 e. The van der Waals surface area contributed by atoms with Crippen LogP contribution < -0.4 is 15.0 Å². The molecule has 4 aromatic rings. The van der Waals surface area contributed by atoms with Crippen molar-refractivity contribution in [3.8, 4) is 5.75 Å². The van der Waals surface area contributed by atoms with Crippen molar-refractivity contribution in [2.45, 2.75) is 24.4 Å². The van der Waals surface area contributed by atoms with Gasteiger partial charge in [0, 0.05) is 28.1 Å². The first-order valence-corrected chi connectivity index (χ1v) is 13.8. The number of halogens is 1. The van der Waals surface area contributed by atoms with E-state index in [1.807, 2.05) is 66.4 Å². The molecule has 1 amide bonds. The normalized spacial score (nSPS) is 23.5. The standard InChI is InChI=1S/C35H27FN2O4/c1-20-18-29-35(26-11-4-5-12-27(26)37-34(35)41)30(32(39)21-14-16-23(36)17-15-21)31(38(29)28-13-6-3-10-25(20)28)33(40)22-8-7-9-24(19-22)42-2/h3-19,29-31H,1-2H3,(H,37,41)/t29-,30+,31-,35+/m0/s1. The van der Waals surface area contributed by atoms with Gasteiger partial charge in [0.1, 0.15) is 23.0 Å². The van der Waals surface area contributed by atoms with E-state index in [2.05, 4.69) is 5.32 Å². The number of carbonyl (C=O) groups is 3. The van der Waals surface area contributed by atoms with Crippen LogP contribution in [0.15, 0.2) is 103 Å². The highest BCUT2D eigenvalue weighted by Gasteiger charge is 2.70. The van der Waals surface area contributed by atoms with Crippen LogP contribution in [0.5, 0.6) is 5.75 Å². The summed E-state index contributed by atoms with van der Waals surface area (Å²) in [5.41, 5.74) is 3.08. The second-order valence-corrected chi connectivity index (χ2v) is 11.0. The number of nitrogens with zero attached hydrogens (tertiary/aromatic N) is 1. The molecule has 4 atom stereocenters. The number of amides is 1. The van der Waals surface area contributed by atoms with Crippen molar-refractivity contribution in [1.29, 1.82) is 0 Å². The molecule has 0 aromatic heterocycles. The van der Waals surface area contributed by atoms with Gasteiger partial charge in [-0.15, -0.1) is 0 Å². The average molecular weight is 559 g/mol. The molecule has 1 saturated heterocycles. The largest absolute Gasteiger partial charge is 0.497 e. The molecule has 7 rings (SSSR count). The first kappa shape index (κ1) is 25.9. The van der Waals surface area contributed by atoms with Crippen LogP contribution in [0.2, 0.25) is 0 Å². The van der Waals surface area contributed by atoms with Crippen molar-refractivity contribution >= 4 is 34.4 Å². The molecule has 1 fully saturated rings. The Kier molecular flexibility index (Phi) is 5.87. The van der Waals surface area contributed by atoms with Crippen LogP contribution in [-0.2, 0) is 10.2 Å². The first-order chi connectivity index (χ1) is 20.4. The lowest BCUT2D eigenvalue weighted by atomic mass is 9.64. The molecule has 1 spiro atoms. The van der Waals surface area contributed by atoms with Crippen molar-refractivity contribution in [3.05, 3.63) is 131 Å². The van der Waals surface area contributed by atoms with E-state index in [0.29, 0.717) is 22.6 Å². The fraction of sp³-hybridized carbons (Fsp3) is 0.171. The molecule has 6 nitrogen and oxygen atoms in total. The molecule has 0 saturated carbocycles. The molecular weight excluding hydrogens is 531 g/mol. The maximum atomic E-state index is 14.8. The Balaban J connectivity index is 1.55. The minimum atomic E-state index is -1.43. The summed E-state index contributed by atoms with van der Waals surface area (Å²) in [6.07, 6.45) is 2.01. The van der Waals surface area contributed by atoms with E-state index in [1.54, 1.807) is 24.3 Å². The van der Waals surface area contributed by atoms with Gasteiger partial charge >= 0.3 is 0 Å². The van der Waals surface area contributed by atoms with Gasteiger partial charge in [-0.05, 0) is 66.6 Å². The molecule has 3 aliphatic heterocycles. The van der Waals surface area contributed by atoms with Crippen molar-refractivity contribution < 1.29 is 23.5 Å². The van der Waals surface area contributed by atoms with Crippen LogP contribution in [0.4, 0.5) is 15.8 Å². The third-order valence-electron chi connectivity index (χ3n) is 8.92. The summed E-state index contributed by atoms with van der Waals surface area (Å²) in [6, 6.07) is 25.5. The zero-order chi connectivity index (χ0) is 29.2. The van der Waals surface area contributed by atoms with E-state index >= 15 is 0 Å². The third-order valence-corrected chi connectivity index (χ3v) is 8.92. The average Bonchev–Trinajstić information content (AvgIpc) is 3.49. The predicted molar refractivity (Wildman–Crippen MR) is 158 cm³/mol. The number of Topliss-reactive ketones (excluding diaryl/α,β-unsaturated/α-hetero) is 2. The fourth-order valence-electron chi connectivity index (χ4n) is 7.13. The molecule has 3 heterocycles. The summed E-state index contributed by atoms with van der Waals surface area (Å²) in [7, 11) is 1.53. The number of rotatable bonds is 5. The zero-order valence-corrected chi connectivity index (χ0v) is 23.0. The zero-order valence-electron chi connectivity index (χ0n) is 23.0. The quantitative estimate of drug-likeness (QED) is 0.301. The van der Waals surface area contributed by atoms with E-state index < -0.39 is 35.0 Å². The lowest BCUT2D eigenvalue weighted by molar-refractivity contribution is -0.121. The van der Waals surface area contributed by atoms with Gasteiger partial charge in [-0.2, -0.15) is 0 Å². The summed E-state index contributed by atoms with van der Waals surface area (Å²) in [6.45, 7) is 1.98. The summed E-state index contributed by atoms with van der Waals surface area (Å²) in [5, 5.41) is 3.03. The predicted octanol–water partition coefficient (Wildman–Crippen LogP) is 6.08. The smallest absolute Gasteiger partial charge is 0.238 e. The molecule has 0 bridgehead atoms. The van der Waals surface area contributed by atoms with Gasteiger partial charge < -0.3 is 15.0 Å². The number of benzene rings is 4. The molecule has 0 aliphatic carbocycles. The number of carbonyl (C=O) groups excluding carboxylic acids is 3. The van der Waals surface area contributed by atoms with E-state index in [0.717, 1.165) is 16.8 Å². The van der Waals surface area contributed by atoms with Gasteiger partial charge in [0.2, 0.25) is 5.91 Å². The van der Waals surface area contributed by atoms with E-state index in [4.69, 9.17) is 4.74 Å². The number of hydrogen-bond donors (Lipinski definition) is 1. The Morgan fingerprint density at radius 1 is 0.881 bits per heavy atom. The summed E-state index contributed by atoms with van der Waals surface area (Å²) in [4.78, 5) is 45.9. The summed E-state index contributed by atoms with van der Waals surface area (Å²) in [5.74, 6) is -2.16. The Morgan fingerprint density at radius 2 is 1.62 bits per heavy atom. The number of allylic oxidation sites excluding steroid dienone is 1. The number of ketones is 2. The number of ether oxygens (including phenoxy) is 1. The van der Waals surface area contributed by atoms with Gasteiger partial charge in [0.15, 0.2) is 11.6 Å². The lowest BCUT2D eigenvalue weighted by Crippen LogP contribution is -2.51. The Hall–Kier alpha value is -5.04. The third kappa shape index (κ3) is 3.52. The Morgan fingerprint density at radius 3 is 2.40 bits per heavy atom. The van der Waals surface area contributed by atoms with E-state index in [1.165, 1.54) is 31.4 Å². The highest BCUT2D eigenvalue weighted by molar-refractivity contribution is 6.18. The number of anilines is 2. The highest BCUT2D eigenvalue weighted by Crippen LogP contribution is 2.58. The molecule has 42 heavy (non-hydrogen) atoms. The van der Waals surface area contributed by atoms with Crippen LogP contribution in [0.3, 0.4) is 0 Å². The van der Waals surface area contributed by atoms with Gasteiger partial charge in [0.05, 0.1) is 19.1 Å². The van der Waals surface area contributed by atoms with Crippen LogP contribution in [-0.4, -0.2) is 36.7 Å². The molecule has 4 aromatic carbocycles. The number of para-hydroxylation sites is 2. The lowest BCUT2D eigenvalue weighted by Gasteiger charge is -2.39. The van der Waals surface area contributed by atoms with Gasteiger partial charge in [-0.3, -0.25) is 14.4 Å². The maximum Gasteiger partial charge on any atom is 0.238 e. The van der Waals surface area contributed by atoms with Crippen LogP contribution in [0.1, 0.15) is 38.8 Å². The van der Waals surface area contributed by atoms with Crippen molar-refractivity contribution in [1.82, 2.24) is 0 Å². The first-order valence-electron chi connectivity index (χ1n) is 13.8. The Bertz CT molecular complexity index is 1810. The minimum absolute atomic E-state index is 0.232. The molecule has 3 aliphatic rings. The number of fused-ring (bicyclic) bond motifs is 6. The molecule has 1 N–H and O–H groups in total. The molecule has 0 radical (unpaired) electrons. The maximum absolute atomic E-state index is 14.8. The van der Waals surface area contributed by atoms with Crippen LogP contribution in [0, 0.1) is 11.7 Å². The monoisotopic (exact) mass is 558 g/mol. The fourth-order valence-corrected chi connectivity index (χ4v) is 7.13. The summed E-state index contributed by atoms with van der Waals surface area (Å²) < 4.78 is 19.4. The topological polar surface area (TPSA) is 75.7 Å². The Labute approximate surface area is 242 Å². The summed E-state index contributed by atoms with van der Waals surface area (Å²) >= 11 is 0. The van der Waals surface area contributed by atoms with Crippen molar-refractivity contribution in [2.24, 2.45) is 5.92 Å². The molecule has 208 valence electrons. The SMILES string of the molecule is COc1cccc(C(=O)[C@@H]2[C@H](C(=O)c3ccc(F)cc3)[C@]3(C(=O)Nc4ccccc43)[C@@H]3C=C(C)c4ccccc4N23)c1. The number of nitrogens with one attached hydrogen (secondary N) is 1. The molecular formula is C35H27FN2O4. The van der Waals surface area contributed by atoms with Gasteiger partial charge in [-0.25, -0.2) is 4.39 Å². The molecule has 7 heteroatoms. The second-order valence-electron chi connectivity index (χ2n) is 11.0. The molecule has 0 unspecified atom stereocenters. The van der Waals surface area contributed by atoms with Gasteiger partial charge in [-0.1, -0.05) is 54.6 Å². The van der Waals surface area contributed by atoms with E-state index in [9.17, 15) is 18.8 Å². The highest BCUT2D eigenvalue weighted by atomic mass is 19.1. The van der Waals surface area contributed by atoms with Gasteiger partial charge in [0.25, 0.3) is 0 Å². The second kappa shape index (κ2) is 9.52. The van der Waals surface area contributed by atoms with E-state index in [-0.39, 0.29) is 17.3 Å². The van der Waals surface area contributed by atoms with Crippen LogP contribution >= 0.6 is 0 Å².